The number of rotatable bonds is 5. The molecule has 0 saturated carbocycles. The molecule has 0 aliphatic heterocycles. The number of carbonyl (C=O) groups is 1. The van der Waals surface area contributed by atoms with Gasteiger partial charge in [-0.15, -0.1) is 11.3 Å². The minimum atomic E-state index is -1.39. The van der Waals surface area contributed by atoms with Crippen LogP contribution in [0.5, 0.6) is 0 Å². The van der Waals surface area contributed by atoms with E-state index in [0.717, 1.165) is 16.3 Å². The molecular formula is C17H10ClN4O4S2-. The number of pyridine rings is 1. The molecule has 0 saturated heterocycles. The molecule has 4 aromatic heterocycles. The third kappa shape index (κ3) is 3.53. The largest absolute Gasteiger partial charge is 0.548 e. The van der Waals surface area contributed by atoms with Crippen molar-refractivity contribution in [1.29, 1.82) is 0 Å². The van der Waals surface area contributed by atoms with Gasteiger partial charge >= 0.3 is 0 Å². The van der Waals surface area contributed by atoms with E-state index in [1.165, 1.54) is 28.0 Å². The summed E-state index contributed by atoms with van der Waals surface area (Å²) in [7, 11) is 0. The van der Waals surface area contributed by atoms with Crippen molar-refractivity contribution >= 4 is 56.5 Å². The lowest BCUT2D eigenvalue weighted by Crippen LogP contribution is -2.34. The molecular weight excluding hydrogens is 424 g/mol. The van der Waals surface area contributed by atoms with Crippen LogP contribution in [-0.4, -0.2) is 24.9 Å². The van der Waals surface area contributed by atoms with E-state index in [-0.39, 0.29) is 16.5 Å². The average Bonchev–Trinajstić information content (AvgIpc) is 3.12. The minimum Gasteiger partial charge on any atom is -0.548 e. The Bertz CT molecular complexity index is 1340. The normalized spacial score (nSPS) is 11.3. The number of halogens is 1. The van der Waals surface area contributed by atoms with E-state index in [9.17, 15) is 19.5 Å². The first-order chi connectivity index (χ1) is 13.4. The fourth-order valence-corrected chi connectivity index (χ4v) is 4.47. The van der Waals surface area contributed by atoms with E-state index in [4.69, 9.17) is 11.6 Å². The van der Waals surface area contributed by atoms with Crippen molar-refractivity contribution < 1.29 is 9.90 Å². The summed E-state index contributed by atoms with van der Waals surface area (Å²) in [6.07, 6.45) is 1.48. The maximum atomic E-state index is 12.6. The van der Waals surface area contributed by atoms with Crippen molar-refractivity contribution in [3.63, 3.8) is 0 Å². The van der Waals surface area contributed by atoms with E-state index < -0.39 is 18.1 Å². The van der Waals surface area contributed by atoms with Crippen LogP contribution >= 0.6 is 34.7 Å². The molecule has 0 bridgehead atoms. The molecule has 28 heavy (non-hydrogen) atoms. The van der Waals surface area contributed by atoms with Gasteiger partial charge in [0.05, 0.1) is 28.7 Å². The van der Waals surface area contributed by atoms with E-state index >= 15 is 0 Å². The second-order valence-electron chi connectivity index (χ2n) is 5.74. The Morgan fingerprint density at radius 1 is 1.25 bits per heavy atom. The number of thioether (sulfide) groups is 1. The van der Waals surface area contributed by atoms with E-state index in [1.54, 1.807) is 23.6 Å². The zero-order valence-corrected chi connectivity index (χ0v) is 16.4. The van der Waals surface area contributed by atoms with Gasteiger partial charge in [-0.2, -0.15) is 0 Å². The summed E-state index contributed by atoms with van der Waals surface area (Å²) in [5.41, 5.74) is 0.662. The molecule has 0 aromatic carbocycles. The van der Waals surface area contributed by atoms with Gasteiger partial charge in [-0.05, 0) is 23.6 Å². The monoisotopic (exact) mass is 433 g/mol. The van der Waals surface area contributed by atoms with Gasteiger partial charge in [0, 0.05) is 18.0 Å². The second kappa shape index (κ2) is 7.38. The lowest BCUT2D eigenvalue weighted by atomic mass is 10.4. The first-order valence-electron chi connectivity index (χ1n) is 7.91. The predicted octanol–water partition coefficient (Wildman–Crippen LogP) is 1.16. The van der Waals surface area contributed by atoms with Crippen LogP contribution in [0.15, 0.2) is 50.6 Å². The molecule has 4 heterocycles. The number of carboxylic acids is 1. The molecule has 142 valence electrons. The molecule has 4 aromatic rings. The average molecular weight is 434 g/mol. The van der Waals surface area contributed by atoms with Gasteiger partial charge < -0.3 is 9.90 Å². The number of carboxylic acid groups (broad SMARTS) is 1. The Balaban J connectivity index is 1.71. The van der Waals surface area contributed by atoms with Crippen LogP contribution in [0.1, 0.15) is 5.69 Å². The van der Waals surface area contributed by atoms with Crippen molar-refractivity contribution in [2.75, 3.05) is 0 Å². The summed E-state index contributed by atoms with van der Waals surface area (Å²) in [5, 5.41) is 13.4. The fraction of sp³-hybridized carbons (Fsp3) is 0.118. The molecule has 0 amide bonds. The molecule has 11 heteroatoms. The van der Waals surface area contributed by atoms with Crippen LogP contribution in [0.4, 0.5) is 0 Å². The minimum absolute atomic E-state index is 0.221. The molecule has 0 N–H and O–H groups in total. The van der Waals surface area contributed by atoms with Crippen molar-refractivity contribution in [1.82, 2.24) is 18.9 Å². The van der Waals surface area contributed by atoms with Gasteiger partial charge in [0.25, 0.3) is 11.1 Å². The Labute approximate surface area is 170 Å². The maximum Gasteiger partial charge on any atom is 0.272 e. The zero-order chi connectivity index (χ0) is 19.8. The van der Waals surface area contributed by atoms with Gasteiger partial charge in [0.2, 0.25) is 0 Å². The van der Waals surface area contributed by atoms with Crippen molar-refractivity contribution in [2.45, 2.75) is 17.5 Å². The van der Waals surface area contributed by atoms with Gasteiger partial charge in [-0.25, -0.2) is 9.97 Å². The quantitative estimate of drug-likeness (QED) is 0.343. The summed E-state index contributed by atoms with van der Waals surface area (Å²) in [6.45, 7) is -0.603. The first kappa shape index (κ1) is 18.7. The third-order valence-corrected chi connectivity index (χ3v) is 5.97. The predicted molar refractivity (Wildman–Crippen MR) is 105 cm³/mol. The Morgan fingerprint density at radius 3 is 2.86 bits per heavy atom. The van der Waals surface area contributed by atoms with Gasteiger partial charge in [-0.3, -0.25) is 18.6 Å². The number of nitrogens with zero attached hydrogens (tertiary/aromatic N) is 4. The summed E-state index contributed by atoms with van der Waals surface area (Å²) in [6, 6.07) is 6.31. The molecule has 0 aliphatic carbocycles. The highest BCUT2D eigenvalue weighted by molar-refractivity contribution is 7.98. The lowest BCUT2D eigenvalue weighted by molar-refractivity contribution is -0.306. The van der Waals surface area contributed by atoms with Crippen molar-refractivity contribution in [2.24, 2.45) is 0 Å². The van der Waals surface area contributed by atoms with Crippen LogP contribution in [0, 0.1) is 0 Å². The summed E-state index contributed by atoms with van der Waals surface area (Å²) < 4.78 is 2.77. The molecule has 0 unspecified atom stereocenters. The highest BCUT2D eigenvalue weighted by Gasteiger charge is 2.14. The fourth-order valence-electron chi connectivity index (χ4n) is 2.64. The van der Waals surface area contributed by atoms with Gasteiger partial charge in [0.1, 0.15) is 10.3 Å². The number of aliphatic carboxylic acids is 1. The van der Waals surface area contributed by atoms with Gasteiger partial charge in [-0.1, -0.05) is 23.4 Å². The lowest BCUT2D eigenvalue weighted by Gasteiger charge is -2.12. The Hall–Kier alpha value is -2.69. The van der Waals surface area contributed by atoms with Crippen molar-refractivity contribution in [3.05, 3.63) is 67.3 Å². The van der Waals surface area contributed by atoms with Gasteiger partial charge in [0.15, 0.2) is 5.16 Å². The Kier molecular flexibility index (Phi) is 4.92. The van der Waals surface area contributed by atoms with Crippen molar-refractivity contribution in [3.8, 4) is 0 Å². The van der Waals surface area contributed by atoms with E-state index in [0.29, 0.717) is 26.6 Å². The van der Waals surface area contributed by atoms with Crippen LogP contribution < -0.4 is 16.2 Å². The summed E-state index contributed by atoms with van der Waals surface area (Å²) in [4.78, 5) is 44.7. The number of hydrogen-bond acceptors (Lipinski definition) is 8. The third-order valence-electron chi connectivity index (χ3n) is 3.84. The number of carbonyl (C=O) groups excluding carboxylic acids is 1. The first-order valence-corrected chi connectivity index (χ1v) is 10.2. The van der Waals surface area contributed by atoms with E-state index in [1.807, 2.05) is 0 Å². The molecule has 0 atom stereocenters. The molecule has 4 rings (SSSR count). The number of hydrogen-bond donors (Lipinski definition) is 0. The molecule has 0 aliphatic rings. The van der Waals surface area contributed by atoms with Crippen LogP contribution in [0.25, 0.3) is 15.9 Å². The molecule has 8 nitrogen and oxygen atoms in total. The Morgan fingerprint density at radius 2 is 2.07 bits per heavy atom. The second-order valence-corrected chi connectivity index (χ2v) is 8.04. The number of thiophene rings is 1. The highest BCUT2D eigenvalue weighted by atomic mass is 35.5. The van der Waals surface area contributed by atoms with Crippen LogP contribution in [0.2, 0.25) is 5.02 Å². The van der Waals surface area contributed by atoms with Crippen LogP contribution in [0.3, 0.4) is 0 Å². The molecule has 0 fully saturated rings. The number of aromatic nitrogens is 4. The molecule has 0 spiro atoms. The SMILES string of the molecule is O=C([O-])Cn1c(SCc2cc(=O)n3cc(Cl)ccc3n2)nc2ccsc2c1=O. The topological polar surface area (TPSA) is 109 Å². The highest BCUT2D eigenvalue weighted by Crippen LogP contribution is 2.23. The standard InChI is InChI=1S/C17H11ClN4O4S2/c18-9-1-2-12-19-10(5-13(23)21(12)6-9)8-28-17-20-11-3-4-27-15(11)16(26)22(17)7-14(24)25/h1-6H,7-8H2,(H,24,25)/p-1. The van der Waals surface area contributed by atoms with E-state index in [2.05, 4.69) is 9.97 Å². The van der Waals surface area contributed by atoms with Crippen LogP contribution in [-0.2, 0) is 17.1 Å². The summed E-state index contributed by atoms with van der Waals surface area (Å²) >= 11 is 8.22. The zero-order valence-electron chi connectivity index (χ0n) is 14.0. The smallest absolute Gasteiger partial charge is 0.272 e. The summed E-state index contributed by atoms with van der Waals surface area (Å²) in [5.74, 6) is -1.16. The number of fused-ring (bicyclic) bond motifs is 2. The maximum absolute atomic E-state index is 12.6. The molecule has 0 radical (unpaired) electrons.